The quantitative estimate of drug-likeness (QED) is 0.878. The molecule has 4 nitrogen and oxygen atoms in total. The van der Waals surface area contributed by atoms with Gasteiger partial charge in [0, 0.05) is 37.8 Å². The molecule has 2 N–H and O–H groups in total. The summed E-state index contributed by atoms with van der Waals surface area (Å²) in [5.74, 6) is -1.07. The van der Waals surface area contributed by atoms with Gasteiger partial charge in [-0.25, -0.2) is 4.39 Å². The third-order valence-corrected chi connectivity index (χ3v) is 3.85. The summed E-state index contributed by atoms with van der Waals surface area (Å²) in [6, 6.07) is 4.51. The molecule has 1 atom stereocenters. The molecule has 0 saturated carbocycles. The van der Waals surface area contributed by atoms with E-state index >= 15 is 0 Å². The monoisotopic (exact) mass is 291 g/mol. The molecule has 0 unspecified atom stereocenters. The molecule has 1 aliphatic heterocycles. The van der Waals surface area contributed by atoms with Crippen LogP contribution in [0.15, 0.2) is 12.1 Å². The van der Waals surface area contributed by atoms with Crippen molar-refractivity contribution >= 4 is 0 Å². The molecule has 1 aromatic rings. The molecule has 1 saturated heterocycles. The van der Waals surface area contributed by atoms with Crippen molar-refractivity contribution in [3.8, 4) is 11.8 Å². The minimum absolute atomic E-state index is 0.137. The second-order valence-electron chi connectivity index (χ2n) is 6.56. The fraction of sp³-hybridized carbons (Fsp3) is 0.562. The number of nitrogens with one attached hydrogen (secondary N) is 1. The zero-order valence-corrected chi connectivity index (χ0v) is 12.8. The molecular formula is C16H22FN3O. The smallest absolute Gasteiger partial charge is 0.166 e. The average molecular weight is 291 g/mol. The summed E-state index contributed by atoms with van der Waals surface area (Å²) in [7, 11) is 0. The molecule has 1 heterocycles. The van der Waals surface area contributed by atoms with Crippen LogP contribution in [-0.2, 0) is 0 Å². The summed E-state index contributed by atoms with van der Waals surface area (Å²) in [5, 5.41) is 22.5. The number of hydrogen-bond acceptors (Lipinski definition) is 4. The minimum Gasteiger partial charge on any atom is -0.505 e. The van der Waals surface area contributed by atoms with Crippen molar-refractivity contribution in [1.82, 2.24) is 10.2 Å². The Labute approximate surface area is 125 Å². The third kappa shape index (κ3) is 3.34. The van der Waals surface area contributed by atoms with E-state index in [0.717, 1.165) is 32.2 Å². The Balaban J connectivity index is 2.51. The first kappa shape index (κ1) is 15.7. The second kappa shape index (κ2) is 6.00. The van der Waals surface area contributed by atoms with E-state index in [9.17, 15) is 9.50 Å². The number of nitrogens with zero attached hydrogens (tertiary/aromatic N) is 2. The van der Waals surface area contributed by atoms with Gasteiger partial charge in [-0.15, -0.1) is 0 Å². The van der Waals surface area contributed by atoms with Crippen molar-refractivity contribution in [1.29, 1.82) is 5.26 Å². The molecule has 0 bridgehead atoms. The number of hydrogen-bond donors (Lipinski definition) is 2. The Hall–Kier alpha value is -1.64. The molecule has 0 aliphatic carbocycles. The predicted octanol–water partition coefficient (Wildman–Crippen LogP) is 2.40. The van der Waals surface area contributed by atoms with E-state index in [1.54, 1.807) is 6.07 Å². The fourth-order valence-electron chi connectivity index (χ4n) is 3.04. The molecule has 21 heavy (non-hydrogen) atoms. The molecule has 0 amide bonds. The van der Waals surface area contributed by atoms with E-state index in [0.29, 0.717) is 5.56 Å². The molecule has 5 heteroatoms. The number of nitriles is 1. The van der Waals surface area contributed by atoms with Gasteiger partial charge in [0.2, 0.25) is 0 Å². The number of rotatable bonds is 2. The van der Waals surface area contributed by atoms with Crippen LogP contribution < -0.4 is 5.32 Å². The highest BCUT2D eigenvalue weighted by Gasteiger charge is 2.35. The van der Waals surface area contributed by atoms with Gasteiger partial charge in [0.15, 0.2) is 11.6 Å². The van der Waals surface area contributed by atoms with Gasteiger partial charge in [0.1, 0.15) is 0 Å². The number of aromatic hydroxyl groups is 1. The summed E-state index contributed by atoms with van der Waals surface area (Å²) in [5.41, 5.74) is 0.556. The number of benzene rings is 1. The Kier molecular flexibility index (Phi) is 4.50. The molecule has 1 fully saturated rings. The van der Waals surface area contributed by atoms with E-state index in [4.69, 9.17) is 5.26 Å². The summed E-state index contributed by atoms with van der Waals surface area (Å²) < 4.78 is 13.9. The van der Waals surface area contributed by atoms with Crippen LogP contribution in [0.2, 0.25) is 0 Å². The lowest BCUT2D eigenvalue weighted by molar-refractivity contribution is 0.0838. The first-order valence-corrected chi connectivity index (χ1v) is 7.22. The predicted molar refractivity (Wildman–Crippen MR) is 79.4 cm³/mol. The zero-order chi connectivity index (χ0) is 15.6. The lowest BCUT2D eigenvalue weighted by Gasteiger charge is -2.42. The maximum absolute atomic E-state index is 13.9. The summed E-state index contributed by atoms with van der Waals surface area (Å²) in [6.45, 7) is 9.60. The van der Waals surface area contributed by atoms with Gasteiger partial charge in [-0.3, -0.25) is 4.90 Å². The fourth-order valence-corrected chi connectivity index (χ4v) is 3.04. The third-order valence-electron chi connectivity index (χ3n) is 3.85. The van der Waals surface area contributed by atoms with Crippen LogP contribution >= 0.6 is 0 Å². The molecule has 2 rings (SSSR count). The van der Waals surface area contributed by atoms with Crippen LogP contribution in [0.4, 0.5) is 4.39 Å². The molecule has 0 spiro atoms. The molecule has 0 aromatic heterocycles. The van der Waals surface area contributed by atoms with E-state index in [1.165, 1.54) is 0 Å². The minimum atomic E-state index is -0.728. The van der Waals surface area contributed by atoms with Gasteiger partial charge < -0.3 is 10.4 Å². The number of phenols is 1. The van der Waals surface area contributed by atoms with E-state index in [1.807, 2.05) is 6.07 Å². The lowest BCUT2D eigenvalue weighted by Crippen LogP contribution is -2.48. The van der Waals surface area contributed by atoms with Crippen molar-refractivity contribution in [3.63, 3.8) is 0 Å². The van der Waals surface area contributed by atoms with Gasteiger partial charge in [-0.1, -0.05) is 20.8 Å². The van der Waals surface area contributed by atoms with Gasteiger partial charge in [0.05, 0.1) is 11.6 Å². The SMILES string of the molecule is CC(C)(C)[C@@H](c1cc(C#N)cc(F)c1O)N1CCNCC1. The first-order valence-electron chi connectivity index (χ1n) is 7.22. The molecule has 1 aromatic carbocycles. The summed E-state index contributed by atoms with van der Waals surface area (Å²) >= 11 is 0. The van der Waals surface area contributed by atoms with Crippen molar-refractivity contribution in [2.45, 2.75) is 26.8 Å². The highest BCUT2D eigenvalue weighted by Crippen LogP contribution is 2.42. The van der Waals surface area contributed by atoms with E-state index in [-0.39, 0.29) is 22.8 Å². The summed E-state index contributed by atoms with van der Waals surface area (Å²) in [4.78, 5) is 2.24. The van der Waals surface area contributed by atoms with Crippen LogP contribution in [0, 0.1) is 22.6 Å². The number of piperazine rings is 1. The molecule has 1 aliphatic rings. The second-order valence-corrected chi connectivity index (χ2v) is 6.56. The van der Waals surface area contributed by atoms with Gasteiger partial charge >= 0.3 is 0 Å². The van der Waals surface area contributed by atoms with Crippen molar-refractivity contribution in [2.75, 3.05) is 26.2 Å². The van der Waals surface area contributed by atoms with Gasteiger partial charge in [-0.05, 0) is 17.5 Å². The highest BCUT2D eigenvalue weighted by atomic mass is 19.1. The molecule has 114 valence electrons. The van der Waals surface area contributed by atoms with Crippen molar-refractivity contribution in [3.05, 3.63) is 29.1 Å². The maximum Gasteiger partial charge on any atom is 0.166 e. The Morgan fingerprint density at radius 1 is 1.33 bits per heavy atom. The highest BCUT2D eigenvalue weighted by molar-refractivity contribution is 5.44. The number of halogens is 1. The molecular weight excluding hydrogens is 269 g/mol. The Morgan fingerprint density at radius 3 is 2.48 bits per heavy atom. The van der Waals surface area contributed by atoms with E-state index in [2.05, 4.69) is 31.0 Å². The average Bonchev–Trinajstić information content (AvgIpc) is 2.43. The first-order chi connectivity index (χ1) is 9.84. The van der Waals surface area contributed by atoms with Crippen LogP contribution in [0.3, 0.4) is 0 Å². The van der Waals surface area contributed by atoms with Crippen LogP contribution in [-0.4, -0.2) is 36.2 Å². The van der Waals surface area contributed by atoms with Crippen molar-refractivity contribution < 1.29 is 9.50 Å². The van der Waals surface area contributed by atoms with E-state index < -0.39 is 5.82 Å². The normalized spacial score (nSPS) is 18.2. The largest absolute Gasteiger partial charge is 0.505 e. The zero-order valence-electron chi connectivity index (χ0n) is 12.8. The van der Waals surface area contributed by atoms with Crippen LogP contribution in [0.5, 0.6) is 5.75 Å². The Morgan fingerprint density at radius 2 is 1.95 bits per heavy atom. The summed E-state index contributed by atoms with van der Waals surface area (Å²) in [6.07, 6.45) is 0. The lowest BCUT2D eigenvalue weighted by atomic mass is 9.80. The topological polar surface area (TPSA) is 59.3 Å². The Bertz CT molecular complexity index is 554. The van der Waals surface area contributed by atoms with Crippen LogP contribution in [0.25, 0.3) is 0 Å². The number of phenolic OH excluding ortho intramolecular Hbond substituents is 1. The van der Waals surface area contributed by atoms with Crippen LogP contribution in [0.1, 0.15) is 37.9 Å². The van der Waals surface area contributed by atoms with Gasteiger partial charge in [0.25, 0.3) is 0 Å². The standard InChI is InChI=1S/C16H22FN3O/c1-16(2,3)15(20-6-4-19-5-7-20)12-8-11(10-18)9-13(17)14(12)21/h8-9,15,19,21H,4-7H2,1-3H3/t15-/m1/s1. The molecule has 0 radical (unpaired) electrons. The maximum atomic E-state index is 13.9. The van der Waals surface area contributed by atoms with Crippen molar-refractivity contribution in [2.24, 2.45) is 5.41 Å². The van der Waals surface area contributed by atoms with Gasteiger partial charge in [-0.2, -0.15) is 5.26 Å².